The van der Waals surface area contributed by atoms with Crippen LogP contribution in [0.15, 0.2) is 82.3 Å². The predicted molar refractivity (Wildman–Crippen MR) is 108 cm³/mol. The smallest absolute Gasteiger partial charge is 0.262 e. The summed E-state index contributed by atoms with van der Waals surface area (Å²) in [5, 5.41) is 1.67. The summed E-state index contributed by atoms with van der Waals surface area (Å²) in [6.07, 6.45) is 3.18. The molecule has 2 heterocycles. The Morgan fingerprint density at radius 1 is 0.963 bits per heavy atom. The van der Waals surface area contributed by atoms with Crippen molar-refractivity contribution in [1.29, 1.82) is 0 Å². The molecule has 0 amide bonds. The largest absolute Gasteiger partial charge is 0.288 e. The maximum Gasteiger partial charge on any atom is 0.262 e. The highest BCUT2D eigenvalue weighted by Crippen LogP contribution is 2.19. The third kappa shape index (κ3) is 3.17. The number of rotatable bonds is 5. The minimum absolute atomic E-state index is 0.119. The Hall–Kier alpha value is -3.19. The van der Waals surface area contributed by atoms with Crippen molar-refractivity contribution in [2.45, 2.75) is 17.6 Å². The number of allylic oxidation sites excluding steroid dienone is 1. The zero-order valence-electron chi connectivity index (χ0n) is 14.4. The van der Waals surface area contributed by atoms with Crippen molar-refractivity contribution >= 4 is 33.6 Å². The standard InChI is InChI=1S/C20H16N4O2S/c1-2-11-24-19(26)15-8-4-6-10-17(15)22-20(24)27-13-23-12-21-16-9-5-3-7-14(16)18(23)25/h2-10,12H,1,11,13H2. The van der Waals surface area contributed by atoms with E-state index in [4.69, 9.17) is 0 Å². The Labute approximate surface area is 158 Å². The summed E-state index contributed by atoms with van der Waals surface area (Å²) in [6, 6.07) is 14.5. The molecular formula is C20H16N4O2S. The Morgan fingerprint density at radius 2 is 1.63 bits per heavy atom. The van der Waals surface area contributed by atoms with E-state index in [0.717, 1.165) is 0 Å². The molecule has 0 bridgehead atoms. The summed E-state index contributed by atoms with van der Waals surface area (Å²) in [5.41, 5.74) is 1.06. The molecule has 0 fully saturated rings. The first-order chi connectivity index (χ1) is 13.2. The minimum atomic E-state index is -0.119. The molecule has 4 rings (SSSR count). The minimum Gasteiger partial charge on any atom is -0.288 e. The molecule has 0 aliphatic rings. The Bertz CT molecular complexity index is 1280. The summed E-state index contributed by atoms with van der Waals surface area (Å²) in [5.74, 6) is 0.304. The maximum atomic E-state index is 12.8. The van der Waals surface area contributed by atoms with E-state index in [-0.39, 0.29) is 11.1 Å². The van der Waals surface area contributed by atoms with Gasteiger partial charge < -0.3 is 0 Å². The van der Waals surface area contributed by atoms with Crippen LogP contribution in [0.1, 0.15) is 0 Å². The van der Waals surface area contributed by atoms with E-state index in [0.29, 0.717) is 39.4 Å². The summed E-state index contributed by atoms with van der Waals surface area (Å²) in [7, 11) is 0. The van der Waals surface area contributed by atoms with E-state index in [1.165, 1.54) is 22.7 Å². The third-order valence-electron chi connectivity index (χ3n) is 4.20. The Kier molecular flexibility index (Phi) is 4.60. The number of nitrogens with zero attached hydrogens (tertiary/aromatic N) is 4. The molecule has 6 nitrogen and oxygen atoms in total. The summed E-state index contributed by atoms with van der Waals surface area (Å²) in [6.45, 7) is 4.07. The number of hydrogen-bond donors (Lipinski definition) is 0. The normalized spacial score (nSPS) is 11.1. The second-order valence-electron chi connectivity index (χ2n) is 5.93. The van der Waals surface area contributed by atoms with Gasteiger partial charge in [0.15, 0.2) is 5.16 Å². The number of fused-ring (bicyclic) bond motifs is 2. The van der Waals surface area contributed by atoms with Crippen LogP contribution in [0, 0.1) is 0 Å². The van der Waals surface area contributed by atoms with Gasteiger partial charge in [-0.05, 0) is 24.3 Å². The molecule has 4 aromatic rings. The molecule has 0 aliphatic heterocycles. The van der Waals surface area contributed by atoms with Gasteiger partial charge in [0.1, 0.15) is 0 Å². The maximum absolute atomic E-state index is 12.8. The van der Waals surface area contributed by atoms with Crippen LogP contribution in [0.3, 0.4) is 0 Å². The Morgan fingerprint density at radius 3 is 2.37 bits per heavy atom. The number of aromatic nitrogens is 4. The van der Waals surface area contributed by atoms with Crippen molar-refractivity contribution in [2.24, 2.45) is 0 Å². The molecule has 0 unspecified atom stereocenters. The lowest BCUT2D eigenvalue weighted by atomic mass is 10.2. The SMILES string of the molecule is C=CCn1c(SCn2cnc3ccccc3c2=O)nc2ccccc2c1=O. The van der Waals surface area contributed by atoms with Crippen molar-refractivity contribution in [3.8, 4) is 0 Å². The molecule has 2 aromatic heterocycles. The van der Waals surface area contributed by atoms with Crippen LogP contribution in [0.5, 0.6) is 0 Å². The molecule has 0 spiro atoms. The van der Waals surface area contributed by atoms with Crippen molar-refractivity contribution in [3.05, 3.63) is 88.2 Å². The van der Waals surface area contributed by atoms with Gasteiger partial charge in [-0.3, -0.25) is 18.7 Å². The van der Waals surface area contributed by atoms with Gasteiger partial charge in [-0.25, -0.2) is 9.97 Å². The molecule has 0 atom stereocenters. The quantitative estimate of drug-likeness (QED) is 0.304. The monoisotopic (exact) mass is 376 g/mol. The summed E-state index contributed by atoms with van der Waals surface area (Å²) in [4.78, 5) is 34.3. The van der Waals surface area contributed by atoms with Gasteiger partial charge in [-0.1, -0.05) is 42.1 Å². The average molecular weight is 376 g/mol. The van der Waals surface area contributed by atoms with E-state index in [2.05, 4.69) is 16.5 Å². The summed E-state index contributed by atoms with van der Waals surface area (Å²) < 4.78 is 3.09. The fraction of sp³-hybridized carbons (Fsp3) is 0.100. The van der Waals surface area contributed by atoms with Gasteiger partial charge in [0.05, 0.1) is 34.0 Å². The number of thioether (sulfide) groups is 1. The molecule has 0 saturated carbocycles. The highest BCUT2D eigenvalue weighted by molar-refractivity contribution is 7.98. The molecule has 134 valence electrons. The van der Waals surface area contributed by atoms with Crippen LogP contribution >= 0.6 is 11.8 Å². The lowest BCUT2D eigenvalue weighted by Gasteiger charge is -2.12. The van der Waals surface area contributed by atoms with Crippen molar-refractivity contribution in [2.75, 3.05) is 0 Å². The second-order valence-corrected chi connectivity index (χ2v) is 6.84. The number of para-hydroxylation sites is 2. The topological polar surface area (TPSA) is 69.8 Å². The van der Waals surface area contributed by atoms with Gasteiger partial charge >= 0.3 is 0 Å². The molecule has 0 aliphatic carbocycles. The van der Waals surface area contributed by atoms with E-state index in [1.807, 2.05) is 30.3 Å². The van der Waals surface area contributed by atoms with Crippen molar-refractivity contribution in [3.63, 3.8) is 0 Å². The highest BCUT2D eigenvalue weighted by Gasteiger charge is 2.11. The molecule has 0 radical (unpaired) electrons. The second kappa shape index (κ2) is 7.20. The van der Waals surface area contributed by atoms with E-state index >= 15 is 0 Å². The van der Waals surface area contributed by atoms with E-state index in [9.17, 15) is 9.59 Å². The molecule has 2 aromatic carbocycles. The van der Waals surface area contributed by atoms with Crippen LogP contribution in [0.4, 0.5) is 0 Å². The third-order valence-corrected chi connectivity index (χ3v) is 5.18. The molecular weight excluding hydrogens is 360 g/mol. The average Bonchev–Trinajstić information content (AvgIpc) is 2.70. The van der Waals surface area contributed by atoms with Crippen LogP contribution in [0.25, 0.3) is 21.8 Å². The Balaban J connectivity index is 1.74. The van der Waals surface area contributed by atoms with Crippen LogP contribution in [-0.2, 0) is 12.4 Å². The van der Waals surface area contributed by atoms with Crippen LogP contribution in [-0.4, -0.2) is 19.1 Å². The first-order valence-electron chi connectivity index (χ1n) is 8.36. The van der Waals surface area contributed by atoms with Crippen LogP contribution < -0.4 is 11.1 Å². The van der Waals surface area contributed by atoms with Gasteiger partial charge in [-0.2, -0.15) is 0 Å². The first kappa shape index (κ1) is 17.2. The molecule has 0 N–H and O–H groups in total. The molecule has 0 saturated heterocycles. The van der Waals surface area contributed by atoms with Crippen molar-refractivity contribution < 1.29 is 0 Å². The zero-order chi connectivity index (χ0) is 18.8. The molecule has 27 heavy (non-hydrogen) atoms. The zero-order valence-corrected chi connectivity index (χ0v) is 15.2. The van der Waals surface area contributed by atoms with Gasteiger partial charge in [0, 0.05) is 6.54 Å². The molecule has 7 heteroatoms. The van der Waals surface area contributed by atoms with Crippen LogP contribution in [0.2, 0.25) is 0 Å². The fourth-order valence-electron chi connectivity index (χ4n) is 2.87. The summed E-state index contributed by atoms with van der Waals surface area (Å²) >= 11 is 1.32. The van der Waals surface area contributed by atoms with Crippen molar-refractivity contribution in [1.82, 2.24) is 19.1 Å². The predicted octanol–water partition coefficient (Wildman–Crippen LogP) is 3.04. The fourth-order valence-corrected chi connectivity index (χ4v) is 3.79. The van der Waals surface area contributed by atoms with E-state index < -0.39 is 0 Å². The lowest BCUT2D eigenvalue weighted by molar-refractivity contribution is 0.668. The van der Waals surface area contributed by atoms with E-state index in [1.54, 1.807) is 28.8 Å². The number of benzene rings is 2. The van der Waals surface area contributed by atoms with Gasteiger partial charge in [0.2, 0.25) is 0 Å². The van der Waals surface area contributed by atoms with Gasteiger partial charge in [-0.15, -0.1) is 6.58 Å². The highest BCUT2D eigenvalue weighted by atomic mass is 32.2. The van der Waals surface area contributed by atoms with Gasteiger partial charge in [0.25, 0.3) is 11.1 Å². The lowest BCUT2D eigenvalue weighted by Crippen LogP contribution is -2.24. The number of hydrogen-bond acceptors (Lipinski definition) is 5. The first-order valence-corrected chi connectivity index (χ1v) is 9.35.